The molecule has 1 heterocycles. The molecule has 1 rings (SSSR count). The highest BCUT2D eigenvalue weighted by Crippen LogP contribution is 2.27. The van der Waals surface area contributed by atoms with Crippen molar-refractivity contribution in [2.45, 2.75) is 0 Å². The number of carbonyl (C=O) groups excluding carboxylic acids is 1. The van der Waals surface area contributed by atoms with Crippen LogP contribution in [0.5, 0.6) is 10.8 Å². The number of rotatable bonds is 2. The Kier molecular flexibility index (Phi) is 2.28. The van der Waals surface area contributed by atoms with Gasteiger partial charge < -0.3 is 9.84 Å². The lowest BCUT2D eigenvalue weighted by Gasteiger charge is -1.92. The molecule has 0 saturated heterocycles. The molecule has 58 valence electrons. The van der Waals surface area contributed by atoms with Crippen molar-refractivity contribution in [1.29, 1.82) is 0 Å². The predicted octanol–water partition coefficient (Wildman–Crippen LogP) is 1.55. The van der Waals surface area contributed by atoms with Gasteiger partial charge >= 0.3 is 5.97 Å². The van der Waals surface area contributed by atoms with Crippen molar-refractivity contribution in [1.82, 2.24) is 0 Å². The molecule has 0 aliphatic carbocycles. The van der Waals surface area contributed by atoms with E-state index >= 15 is 0 Å². The van der Waals surface area contributed by atoms with Crippen molar-refractivity contribution in [3.8, 4) is 10.8 Å². The Labute approximate surface area is 67.5 Å². The maximum Gasteiger partial charge on any atom is 0.336 e. The van der Waals surface area contributed by atoms with Crippen LogP contribution in [0.15, 0.2) is 24.1 Å². The van der Waals surface area contributed by atoms with E-state index in [4.69, 9.17) is 5.11 Å². The first-order valence-electron chi connectivity index (χ1n) is 2.84. The van der Waals surface area contributed by atoms with Gasteiger partial charge in [-0.25, -0.2) is 4.79 Å². The molecular formula is C7H6O3S. The maximum absolute atomic E-state index is 10.6. The number of carbonyl (C=O) groups is 1. The van der Waals surface area contributed by atoms with Crippen molar-refractivity contribution in [3.63, 3.8) is 0 Å². The van der Waals surface area contributed by atoms with Crippen LogP contribution in [0, 0.1) is 0 Å². The molecule has 11 heavy (non-hydrogen) atoms. The van der Waals surface area contributed by atoms with Crippen LogP contribution in [0.4, 0.5) is 0 Å². The molecule has 0 aliphatic rings. The summed E-state index contributed by atoms with van der Waals surface area (Å²) in [5.74, 6) is -0.422. The van der Waals surface area contributed by atoms with Crippen molar-refractivity contribution < 1.29 is 14.6 Å². The molecule has 4 heteroatoms. The smallest absolute Gasteiger partial charge is 0.336 e. The SMILES string of the molecule is C=CC(=O)Oc1cc(O)cs1. The lowest BCUT2D eigenvalue weighted by molar-refractivity contribution is -0.128. The molecule has 0 spiro atoms. The van der Waals surface area contributed by atoms with E-state index in [1.807, 2.05) is 0 Å². The first-order chi connectivity index (χ1) is 5.22. The lowest BCUT2D eigenvalue weighted by Crippen LogP contribution is -2.00. The average molecular weight is 170 g/mol. The summed E-state index contributed by atoms with van der Waals surface area (Å²) < 4.78 is 4.69. The summed E-state index contributed by atoms with van der Waals surface area (Å²) in [6.45, 7) is 3.23. The number of hydrogen-bond acceptors (Lipinski definition) is 4. The average Bonchev–Trinajstić information content (AvgIpc) is 2.35. The van der Waals surface area contributed by atoms with Crippen molar-refractivity contribution in [2.75, 3.05) is 0 Å². The highest BCUT2D eigenvalue weighted by molar-refractivity contribution is 7.12. The fourth-order valence-electron chi connectivity index (χ4n) is 0.502. The summed E-state index contributed by atoms with van der Waals surface area (Å²) in [5.41, 5.74) is 0. The third kappa shape index (κ3) is 2.09. The second-order valence-corrected chi connectivity index (χ2v) is 2.62. The van der Waals surface area contributed by atoms with E-state index in [0.29, 0.717) is 5.06 Å². The van der Waals surface area contributed by atoms with Gasteiger partial charge in [-0.3, -0.25) is 0 Å². The summed E-state index contributed by atoms with van der Waals surface area (Å²) in [6, 6.07) is 1.37. The minimum absolute atomic E-state index is 0.0989. The summed E-state index contributed by atoms with van der Waals surface area (Å²) in [7, 11) is 0. The minimum Gasteiger partial charge on any atom is -0.507 e. The fraction of sp³-hybridized carbons (Fsp3) is 0. The van der Waals surface area contributed by atoms with Crippen LogP contribution in [-0.2, 0) is 4.79 Å². The van der Waals surface area contributed by atoms with Gasteiger partial charge in [-0.05, 0) is 0 Å². The third-order valence-corrected chi connectivity index (χ3v) is 1.72. The second-order valence-electron chi connectivity index (χ2n) is 1.75. The molecule has 0 bridgehead atoms. The summed E-state index contributed by atoms with van der Waals surface area (Å²) in [6.07, 6.45) is 1.07. The van der Waals surface area contributed by atoms with E-state index in [2.05, 4.69) is 11.3 Å². The molecule has 0 saturated carbocycles. The molecule has 1 aromatic rings. The Morgan fingerprint density at radius 2 is 2.55 bits per heavy atom. The quantitative estimate of drug-likeness (QED) is 0.541. The molecule has 0 unspecified atom stereocenters. The van der Waals surface area contributed by atoms with Crippen LogP contribution in [0.3, 0.4) is 0 Å². The first kappa shape index (κ1) is 7.81. The van der Waals surface area contributed by atoms with Gasteiger partial charge in [0.15, 0.2) is 5.06 Å². The van der Waals surface area contributed by atoms with E-state index in [9.17, 15) is 4.79 Å². The number of thiophene rings is 1. The molecule has 0 atom stereocenters. The molecule has 0 fully saturated rings. The topological polar surface area (TPSA) is 46.5 Å². The zero-order valence-electron chi connectivity index (χ0n) is 5.61. The van der Waals surface area contributed by atoms with Crippen LogP contribution in [0.1, 0.15) is 0 Å². The zero-order valence-corrected chi connectivity index (χ0v) is 6.43. The van der Waals surface area contributed by atoms with Gasteiger partial charge in [0, 0.05) is 17.5 Å². The van der Waals surface area contributed by atoms with Crippen LogP contribution >= 0.6 is 11.3 Å². The van der Waals surface area contributed by atoms with E-state index in [-0.39, 0.29) is 5.75 Å². The van der Waals surface area contributed by atoms with Gasteiger partial charge in [-0.1, -0.05) is 6.58 Å². The van der Waals surface area contributed by atoms with Gasteiger partial charge in [0.05, 0.1) is 0 Å². The first-order valence-corrected chi connectivity index (χ1v) is 3.72. The predicted molar refractivity (Wildman–Crippen MR) is 41.8 cm³/mol. The van der Waals surface area contributed by atoms with E-state index in [0.717, 1.165) is 17.4 Å². The lowest BCUT2D eigenvalue weighted by atomic mass is 10.6. The maximum atomic E-state index is 10.6. The van der Waals surface area contributed by atoms with Crippen LogP contribution in [0.2, 0.25) is 0 Å². The summed E-state index contributed by atoms with van der Waals surface area (Å²) >= 11 is 1.15. The number of hydrogen-bond donors (Lipinski definition) is 1. The molecule has 0 aliphatic heterocycles. The summed E-state index contributed by atoms with van der Waals surface area (Å²) in [5, 5.41) is 10.7. The molecule has 0 amide bonds. The molecule has 1 aromatic heterocycles. The van der Waals surface area contributed by atoms with Gasteiger partial charge in [0.1, 0.15) is 5.75 Å². The van der Waals surface area contributed by atoms with Crippen molar-refractivity contribution >= 4 is 17.3 Å². The standard InChI is InChI=1S/C7H6O3S/c1-2-6(9)10-7-3-5(8)4-11-7/h2-4,8H,1H2. The monoisotopic (exact) mass is 170 g/mol. The third-order valence-electron chi connectivity index (χ3n) is 0.929. The van der Waals surface area contributed by atoms with E-state index < -0.39 is 5.97 Å². The highest BCUT2D eigenvalue weighted by Gasteiger charge is 2.01. The molecule has 1 N–H and O–H groups in total. The minimum atomic E-state index is -0.521. The van der Waals surface area contributed by atoms with Crippen molar-refractivity contribution in [3.05, 3.63) is 24.1 Å². The van der Waals surface area contributed by atoms with Gasteiger partial charge in [-0.2, -0.15) is 0 Å². The van der Waals surface area contributed by atoms with Gasteiger partial charge in [-0.15, -0.1) is 11.3 Å². The second kappa shape index (κ2) is 3.21. The van der Waals surface area contributed by atoms with Crippen molar-refractivity contribution in [2.24, 2.45) is 0 Å². The molecular weight excluding hydrogens is 164 g/mol. The molecule has 0 aromatic carbocycles. The Morgan fingerprint density at radius 3 is 3.00 bits per heavy atom. The number of esters is 1. The molecule has 3 nitrogen and oxygen atoms in total. The largest absolute Gasteiger partial charge is 0.507 e. The highest BCUT2D eigenvalue weighted by atomic mass is 32.1. The Morgan fingerprint density at radius 1 is 1.82 bits per heavy atom. The number of aromatic hydroxyl groups is 1. The Bertz CT molecular complexity index is 277. The number of ether oxygens (including phenoxy) is 1. The Hall–Kier alpha value is -1.29. The van der Waals surface area contributed by atoms with Crippen LogP contribution < -0.4 is 4.74 Å². The van der Waals surface area contributed by atoms with Crippen LogP contribution in [-0.4, -0.2) is 11.1 Å². The van der Waals surface area contributed by atoms with Crippen LogP contribution in [0.25, 0.3) is 0 Å². The molecule has 0 radical (unpaired) electrons. The van der Waals surface area contributed by atoms with E-state index in [1.165, 1.54) is 11.4 Å². The van der Waals surface area contributed by atoms with Gasteiger partial charge in [0.25, 0.3) is 0 Å². The fourth-order valence-corrected chi connectivity index (χ4v) is 1.13. The zero-order chi connectivity index (χ0) is 8.27. The van der Waals surface area contributed by atoms with E-state index in [1.54, 1.807) is 0 Å². The Balaban J connectivity index is 2.64. The normalized spacial score (nSPS) is 9.09. The van der Waals surface area contributed by atoms with Gasteiger partial charge in [0.2, 0.25) is 0 Å². The summed E-state index contributed by atoms with van der Waals surface area (Å²) in [4.78, 5) is 10.6.